The third-order valence-electron chi connectivity index (χ3n) is 3.55. The van der Waals surface area contributed by atoms with Crippen molar-refractivity contribution in [2.24, 2.45) is 0 Å². The van der Waals surface area contributed by atoms with E-state index in [9.17, 15) is 13.2 Å². The van der Waals surface area contributed by atoms with Crippen molar-refractivity contribution in [3.8, 4) is 0 Å². The summed E-state index contributed by atoms with van der Waals surface area (Å²) in [6, 6.07) is 17.3. The van der Waals surface area contributed by atoms with Crippen LogP contribution in [-0.4, -0.2) is 29.6 Å². The van der Waals surface area contributed by atoms with Crippen LogP contribution in [0, 0.1) is 0 Å². The summed E-state index contributed by atoms with van der Waals surface area (Å²) in [4.78, 5) is 12.6. The van der Waals surface area contributed by atoms with Crippen LogP contribution in [0.15, 0.2) is 54.6 Å². The van der Waals surface area contributed by atoms with E-state index in [1.54, 1.807) is 0 Å². The molecule has 0 fully saturated rings. The van der Waals surface area contributed by atoms with Gasteiger partial charge < -0.3 is 0 Å². The Morgan fingerprint density at radius 3 is 2.00 bits per heavy atom. The van der Waals surface area contributed by atoms with Crippen molar-refractivity contribution < 1.29 is 17.8 Å². The monoisotopic (exact) mass is 346 g/mol. The van der Waals surface area contributed by atoms with E-state index in [4.69, 9.17) is 4.55 Å². The fourth-order valence-corrected chi connectivity index (χ4v) is 4.27. The van der Waals surface area contributed by atoms with Crippen LogP contribution in [0.1, 0.15) is 10.4 Å². The first-order valence-corrected chi connectivity index (χ1v) is 9.58. The molecule has 3 aromatic rings. The van der Waals surface area contributed by atoms with Gasteiger partial charge in [0.15, 0.2) is 0 Å². The van der Waals surface area contributed by atoms with Crippen molar-refractivity contribution in [3.63, 3.8) is 0 Å². The van der Waals surface area contributed by atoms with E-state index >= 15 is 0 Å². The van der Waals surface area contributed by atoms with Crippen LogP contribution in [0.3, 0.4) is 0 Å². The highest BCUT2D eigenvalue weighted by molar-refractivity contribution is 8.14. The second-order valence-corrected chi connectivity index (χ2v) is 7.76. The van der Waals surface area contributed by atoms with E-state index < -0.39 is 15.9 Å². The summed E-state index contributed by atoms with van der Waals surface area (Å²) in [5, 5.41) is 3.42. The molecule has 0 radical (unpaired) electrons. The summed E-state index contributed by atoms with van der Waals surface area (Å²) >= 11 is 0.908. The highest BCUT2D eigenvalue weighted by Crippen LogP contribution is 2.31. The predicted octanol–water partition coefficient (Wildman–Crippen LogP) is 3.75. The molecular formula is C17H14O4S2. The van der Waals surface area contributed by atoms with Gasteiger partial charge in [0.25, 0.3) is 10.1 Å². The Morgan fingerprint density at radius 2 is 1.48 bits per heavy atom. The van der Waals surface area contributed by atoms with E-state index in [-0.39, 0.29) is 10.9 Å². The van der Waals surface area contributed by atoms with Crippen molar-refractivity contribution in [3.05, 3.63) is 60.2 Å². The summed E-state index contributed by atoms with van der Waals surface area (Å²) in [5.74, 6) is -0.415. The van der Waals surface area contributed by atoms with Crippen LogP contribution in [0.25, 0.3) is 21.5 Å². The minimum atomic E-state index is -4.06. The zero-order valence-electron chi connectivity index (χ0n) is 12.1. The molecule has 6 heteroatoms. The Balaban J connectivity index is 2.07. The quantitative estimate of drug-likeness (QED) is 0.575. The van der Waals surface area contributed by atoms with Crippen LogP contribution < -0.4 is 0 Å². The number of rotatable bonds is 4. The number of thioether (sulfide) groups is 1. The van der Waals surface area contributed by atoms with Gasteiger partial charge in [0.05, 0.1) is 5.75 Å². The SMILES string of the molecule is O=C(SCCS(=O)(=O)O)c1c2ccccc2cc2ccccc12. The highest BCUT2D eigenvalue weighted by atomic mass is 32.2. The third-order valence-corrected chi connectivity index (χ3v) is 5.40. The molecule has 3 rings (SSSR count). The molecule has 118 valence electrons. The van der Waals surface area contributed by atoms with E-state index in [1.807, 2.05) is 54.6 Å². The van der Waals surface area contributed by atoms with Crippen LogP contribution in [0.4, 0.5) is 0 Å². The van der Waals surface area contributed by atoms with Gasteiger partial charge >= 0.3 is 0 Å². The average molecular weight is 346 g/mol. The van der Waals surface area contributed by atoms with Crippen molar-refractivity contribution in [2.45, 2.75) is 0 Å². The molecule has 0 bridgehead atoms. The summed E-state index contributed by atoms with van der Waals surface area (Å²) in [6.45, 7) is 0. The van der Waals surface area contributed by atoms with Crippen LogP contribution in [-0.2, 0) is 10.1 Å². The molecule has 0 unspecified atom stereocenters. The highest BCUT2D eigenvalue weighted by Gasteiger charge is 2.16. The molecule has 0 aromatic heterocycles. The first-order valence-electron chi connectivity index (χ1n) is 6.98. The minimum absolute atomic E-state index is 0.0230. The van der Waals surface area contributed by atoms with Crippen LogP contribution in [0.2, 0.25) is 0 Å². The predicted molar refractivity (Wildman–Crippen MR) is 94.7 cm³/mol. The van der Waals surface area contributed by atoms with E-state index in [1.165, 1.54) is 0 Å². The number of hydrogen-bond donors (Lipinski definition) is 1. The summed E-state index contributed by atoms with van der Waals surface area (Å²) < 4.78 is 30.4. The maximum atomic E-state index is 12.6. The molecule has 0 aliphatic heterocycles. The second-order valence-electron chi connectivity index (χ2n) is 5.12. The lowest BCUT2D eigenvalue weighted by atomic mass is 9.97. The molecule has 23 heavy (non-hydrogen) atoms. The van der Waals surface area contributed by atoms with E-state index in [2.05, 4.69) is 0 Å². The smallest absolute Gasteiger partial charge is 0.265 e. The first kappa shape index (κ1) is 16.0. The molecule has 0 saturated heterocycles. The van der Waals surface area contributed by atoms with E-state index in [0.717, 1.165) is 33.3 Å². The fourth-order valence-electron chi connectivity index (χ4n) is 2.55. The molecule has 4 nitrogen and oxygen atoms in total. The van der Waals surface area contributed by atoms with Gasteiger partial charge in [-0.1, -0.05) is 60.3 Å². The van der Waals surface area contributed by atoms with Gasteiger partial charge in [0.1, 0.15) is 0 Å². The number of carbonyl (C=O) groups is 1. The molecule has 0 heterocycles. The molecular weight excluding hydrogens is 332 g/mol. The summed E-state index contributed by atoms with van der Waals surface area (Å²) in [7, 11) is -4.06. The second kappa shape index (κ2) is 6.31. The first-order chi connectivity index (χ1) is 11.0. The van der Waals surface area contributed by atoms with Gasteiger partial charge in [0.2, 0.25) is 5.12 Å². The average Bonchev–Trinajstić information content (AvgIpc) is 2.51. The molecule has 0 spiro atoms. The largest absolute Gasteiger partial charge is 0.286 e. The number of hydrogen-bond acceptors (Lipinski definition) is 4. The Kier molecular flexibility index (Phi) is 4.39. The molecule has 3 aromatic carbocycles. The Bertz CT molecular complexity index is 940. The van der Waals surface area contributed by atoms with Crippen molar-refractivity contribution in [1.29, 1.82) is 0 Å². The van der Waals surface area contributed by atoms with E-state index in [0.29, 0.717) is 5.56 Å². The Morgan fingerprint density at radius 1 is 0.957 bits per heavy atom. The zero-order valence-corrected chi connectivity index (χ0v) is 13.7. The van der Waals surface area contributed by atoms with Gasteiger partial charge in [0, 0.05) is 11.3 Å². The molecule has 0 atom stereocenters. The normalized spacial score (nSPS) is 11.9. The molecule has 0 amide bonds. The van der Waals surface area contributed by atoms with Crippen molar-refractivity contribution in [2.75, 3.05) is 11.5 Å². The number of benzene rings is 3. The Hall–Kier alpha value is -1.89. The van der Waals surface area contributed by atoms with Gasteiger partial charge in [-0.05, 0) is 27.6 Å². The van der Waals surface area contributed by atoms with Crippen molar-refractivity contribution >= 4 is 48.5 Å². The molecule has 0 aliphatic rings. The fraction of sp³-hybridized carbons (Fsp3) is 0.118. The summed E-state index contributed by atoms with van der Waals surface area (Å²) in [5.41, 5.74) is 0.582. The van der Waals surface area contributed by atoms with Gasteiger partial charge in [-0.15, -0.1) is 0 Å². The summed E-state index contributed by atoms with van der Waals surface area (Å²) in [6.07, 6.45) is 0. The minimum Gasteiger partial charge on any atom is -0.286 e. The number of carbonyl (C=O) groups excluding carboxylic acids is 1. The lowest BCUT2D eigenvalue weighted by Gasteiger charge is -2.10. The van der Waals surface area contributed by atoms with Crippen LogP contribution >= 0.6 is 11.8 Å². The number of fused-ring (bicyclic) bond motifs is 2. The Labute approximate surface area is 138 Å². The zero-order chi connectivity index (χ0) is 16.4. The van der Waals surface area contributed by atoms with Crippen LogP contribution in [0.5, 0.6) is 0 Å². The van der Waals surface area contributed by atoms with Crippen molar-refractivity contribution in [1.82, 2.24) is 0 Å². The molecule has 0 saturated carbocycles. The maximum absolute atomic E-state index is 12.6. The lowest BCUT2D eigenvalue weighted by Crippen LogP contribution is -2.08. The topological polar surface area (TPSA) is 71.4 Å². The lowest BCUT2D eigenvalue weighted by molar-refractivity contribution is 0.109. The van der Waals surface area contributed by atoms with Gasteiger partial charge in [-0.25, -0.2) is 0 Å². The maximum Gasteiger partial charge on any atom is 0.265 e. The molecule has 0 aliphatic carbocycles. The third kappa shape index (κ3) is 3.55. The standard InChI is InChI=1S/C17H14O4S2/c18-17(22-9-10-23(19,20)21)16-14-7-3-1-5-12(14)11-13-6-2-4-8-15(13)16/h1-8,11H,9-10H2,(H,19,20,21). The van der Waals surface area contributed by atoms with Gasteiger partial charge in [-0.2, -0.15) is 8.42 Å². The molecule has 1 N–H and O–H groups in total. The van der Waals surface area contributed by atoms with Gasteiger partial charge in [-0.3, -0.25) is 9.35 Å².